The Balaban J connectivity index is 1.42. The molecule has 2 aliphatic rings. The van der Waals surface area contributed by atoms with Crippen LogP contribution in [-0.2, 0) is 31.4 Å². The Morgan fingerprint density at radius 1 is 0.833 bits per heavy atom. The number of aliphatic hydroxyl groups is 1. The first kappa shape index (κ1) is 29.9. The van der Waals surface area contributed by atoms with E-state index in [9.17, 15) is 36.2 Å². The van der Waals surface area contributed by atoms with Gasteiger partial charge in [-0.2, -0.15) is 26.3 Å². The van der Waals surface area contributed by atoms with E-state index < -0.39 is 23.5 Å². The number of halogens is 6. The highest BCUT2D eigenvalue weighted by atomic mass is 19.4. The Hall–Kier alpha value is -3.53. The molecule has 0 spiro atoms. The second-order valence-electron chi connectivity index (χ2n) is 11.2. The van der Waals surface area contributed by atoms with E-state index in [0.717, 1.165) is 36.8 Å². The average molecular weight is 591 g/mol. The minimum atomic E-state index is -5.96. The molecule has 3 aromatic carbocycles. The number of hydrogen-bond donors (Lipinski definition) is 2. The molecule has 1 saturated heterocycles. The summed E-state index contributed by atoms with van der Waals surface area (Å²) in [6.45, 7) is 0.952. The highest BCUT2D eigenvalue weighted by molar-refractivity contribution is 5.74. The van der Waals surface area contributed by atoms with Crippen LogP contribution in [0.2, 0.25) is 0 Å². The number of carbonyl (C=O) groups is 1. The van der Waals surface area contributed by atoms with Gasteiger partial charge in [0.25, 0.3) is 5.60 Å². The number of aryl methyl sites for hydroxylation is 1. The summed E-state index contributed by atoms with van der Waals surface area (Å²) in [6.07, 6.45) is -7.15. The third-order valence-corrected chi connectivity index (χ3v) is 8.57. The van der Waals surface area contributed by atoms with E-state index in [2.05, 4.69) is 17.4 Å². The van der Waals surface area contributed by atoms with Gasteiger partial charge in [-0.3, -0.25) is 0 Å². The fraction of sp³-hybridized carbons (Fsp3) is 0.406. The van der Waals surface area contributed by atoms with Gasteiger partial charge in [-0.25, -0.2) is 4.79 Å². The molecular formula is C32H32F6N2O2. The third kappa shape index (κ3) is 5.86. The van der Waals surface area contributed by atoms with E-state index in [-0.39, 0.29) is 24.4 Å². The second-order valence-corrected chi connectivity index (χ2v) is 11.2. The third-order valence-electron chi connectivity index (χ3n) is 8.57. The lowest BCUT2D eigenvalue weighted by atomic mass is 9.80. The molecule has 4 nitrogen and oxygen atoms in total. The predicted octanol–water partition coefficient (Wildman–Crippen LogP) is 7.05. The number of alkyl halides is 6. The van der Waals surface area contributed by atoms with E-state index in [4.69, 9.17) is 0 Å². The van der Waals surface area contributed by atoms with Crippen LogP contribution in [0.15, 0.2) is 72.8 Å². The van der Waals surface area contributed by atoms with Crippen molar-refractivity contribution in [3.05, 3.63) is 106 Å². The van der Waals surface area contributed by atoms with Crippen molar-refractivity contribution < 1.29 is 36.2 Å². The van der Waals surface area contributed by atoms with Crippen LogP contribution >= 0.6 is 0 Å². The molecule has 1 heterocycles. The Kier molecular flexibility index (Phi) is 8.29. The summed E-state index contributed by atoms with van der Waals surface area (Å²) in [6, 6.07) is 19.1. The number of nitrogens with zero attached hydrogens (tertiary/aromatic N) is 1. The van der Waals surface area contributed by atoms with Gasteiger partial charge in [0.1, 0.15) is 0 Å². The van der Waals surface area contributed by atoms with Crippen molar-refractivity contribution in [1.82, 2.24) is 10.2 Å². The van der Waals surface area contributed by atoms with Crippen molar-refractivity contribution in [2.45, 2.75) is 62.5 Å². The van der Waals surface area contributed by atoms with E-state index >= 15 is 0 Å². The number of carbonyl (C=O) groups excluding carboxylic acids is 1. The summed E-state index contributed by atoms with van der Waals surface area (Å²) >= 11 is 0. The second kappa shape index (κ2) is 11.6. The molecule has 0 unspecified atom stereocenters. The number of nitrogens with one attached hydrogen (secondary N) is 1. The Morgan fingerprint density at radius 2 is 1.50 bits per heavy atom. The average Bonchev–Trinajstić information content (AvgIpc) is 3.39. The number of amides is 2. The van der Waals surface area contributed by atoms with Crippen LogP contribution in [0.1, 0.15) is 52.1 Å². The van der Waals surface area contributed by atoms with Gasteiger partial charge in [-0.05, 0) is 65.8 Å². The minimum absolute atomic E-state index is 0.115. The number of hydrogen-bond acceptors (Lipinski definition) is 2. The van der Waals surface area contributed by atoms with Gasteiger partial charge in [-0.1, -0.05) is 72.8 Å². The maximum Gasteiger partial charge on any atom is 0.430 e. The van der Waals surface area contributed by atoms with Crippen LogP contribution < -0.4 is 5.32 Å². The van der Waals surface area contributed by atoms with E-state index in [1.807, 2.05) is 36.4 Å². The van der Waals surface area contributed by atoms with Gasteiger partial charge in [-0.15, -0.1) is 0 Å². The maximum absolute atomic E-state index is 13.4. The standard InChI is InChI=1S/C32H32F6N2O2/c33-31(34,35)30(42,32(36,37)38)26-15-13-23(14-16-26)28-20-40(29(41)39-18-21-7-2-1-3-8-21)19-25(28)17-24-11-6-10-22-9-4-5-12-27(22)24/h1-3,6-8,10-11,13-16,25,28,42H,4-5,9,12,17-20H2,(H,39,41)/t25-,28+/m1/s1. The Bertz CT molecular complexity index is 1370. The van der Waals surface area contributed by atoms with E-state index in [0.29, 0.717) is 37.2 Å². The van der Waals surface area contributed by atoms with Gasteiger partial charge >= 0.3 is 18.4 Å². The lowest BCUT2D eigenvalue weighted by molar-refractivity contribution is -0.376. The number of likely N-dealkylation sites (tertiary alicyclic amines) is 1. The number of urea groups is 1. The zero-order valence-corrected chi connectivity index (χ0v) is 22.8. The van der Waals surface area contributed by atoms with Crippen LogP contribution in [0.25, 0.3) is 0 Å². The first-order chi connectivity index (χ1) is 19.9. The monoisotopic (exact) mass is 590 g/mol. The Morgan fingerprint density at radius 3 is 2.17 bits per heavy atom. The van der Waals surface area contributed by atoms with Gasteiger partial charge < -0.3 is 15.3 Å². The quantitative estimate of drug-likeness (QED) is 0.303. The molecule has 2 N–H and O–H groups in total. The lowest BCUT2D eigenvalue weighted by Gasteiger charge is -2.33. The van der Waals surface area contributed by atoms with E-state index in [1.165, 1.54) is 23.3 Å². The van der Waals surface area contributed by atoms with Crippen LogP contribution in [0.3, 0.4) is 0 Å². The molecule has 5 rings (SSSR count). The molecule has 1 aliphatic heterocycles. The van der Waals surface area contributed by atoms with Crippen LogP contribution in [0, 0.1) is 5.92 Å². The molecule has 1 fully saturated rings. The summed E-state index contributed by atoms with van der Waals surface area (Å²) in [5.74, 6) is -0.443. The van der Waals surface area contributed by atoms with Crippen molar-refractivity contribution in [1.29, 1.82) is 0 Å². The summed E-state index contributed by atoms with van der Waals surface area (Å²) in [5, 5.41) is 12.7. The number of benzene rings is 3. The molecule has 2 amide bonds. The predicted molar refractivity (Wildman–Crippen MR) is 146 cm³/mol. The molecule has 0 radical (unpaired) electrons. The van der Waals surface area contributed by atoms with Crippen molar-refractivity contribution >= 4 is 6.03 Å². The first-order valence-corrected chi connectivity index (χ1v) is 14.0. The topological polar surface area (TPSA) is 52.6 Å². The molecule has 10 heteroatoms. The molecule has 224 valence electrons. The highest BCUT2D eigenvalue weighted by Crippen LogP contribution is 2.50. The zero-order chi connectivity index (χ0) is 30.1. The smallest absolute Gasteiger partial charge is 0.369 e. The number of fused-ring (bicyclic) bond motifs is 1. The molecule has 0 aromatic heterocycles. The largest absolute Gasteiger partial charge is 0.430 e. The molecule has 2 atom stereocenters. The molecule has 1 aliphatic carbocycles. The fourth-order valence-electron chi connectivity index (χ4n) is 6.30. The van der Waals surface area contributed by atoms with Gasteiger partial charge in [0.2, 0.25) is 0 Å². The molecule has 3 aromatic rings. The van der Waals surface area contributed by atoms with Gasteiger partial charge in [0.05, 0.1) is 0 Å². The van der Waals surface area contributed by atoms with Crippen molar-refractivity contribution in [2.24, 2.45) is 5.92 Å². The maximum atomic E-state index is 13.4. The summed E-state index contributed by atoms with van der Waals surface area (Å²) < 4.78 is 80.7. The van der Waals surface area contributed by atoms with Crippen LogP contribution in [0.4, 0.5) is 31.1 Å². The highest BCUT2D eigenvalue weighted by Gasteiger charge is 2.71. The zero-order valence-electron chi connectivity index (χ0n) is 22.8. The lowest BCUT2D eigenvalue weighted by Crippen LogP contribution is -2.53. The van der Waals surface area contributed by atoms with Gasteiger partial charge in [0, 0.05) is 31.1 Å². The Labute approximate surface area is 240 Å². The van der Waals surface area contributed by atoms with E-state index in [1.54, 1.807) is 4.90 Å². The summed E-state index contributed by atoms with van der Waals surface area (Å²) in [7, 11) is 0. The SMILES string of the molecule is O=C(NCc1ccccc1)N1C[C@@H](Cc2cccc3c2CCCC3)[C@H](c2ccc(C(O)(C(F)(F)F)C(F)(F)F)cc2)C1. The van der Waals surface area contributed by atoms with Crippen molar-refractivity contribution in [3.8, 4) is 0 Å². The molecule has 0 saturated carbocycles. The van der Waals surface area contributed by atoms with Gasteiger partial charge in [0.15, 0.2) is 0 Å². The van der Waals surface area contributed by atoms with Crippen LogP contribution in [-0.4, -0.2) is 41.5 Å². The van der Waals surface area contributed by atoms with Crippen LogP contribution in [0.5, 0.6) is 0 Å². The molecular weight excluding hydrogens is 558 g/mol. The number of rotatable bonds is 6. The fourth-order valence-corrected chi connectivity index (χ4v) is 6.30. The summed E-state index contributed by atoms with van der Waals surface area (Å²) in [5.41, 5.74) is -1.09. The van der Waals surface area contributed by atoms with Crippen molar-refractivity contribution in [3.63, 3.8) is 0 Å². The first-order valence-electron chi connectivity index (χ1n) is 14.0. The van der Waals surface area contributed by atoms with Crippen molar-refractivity contribution in [2.75, 3.05) is 13.1 Å². The minimum Gasteiger partial charge on any atom is -0.369 e. The molecule has 0 bridgehead atoms. The summed E-state index contributed by atoms with van der Waals surface area (Å²) in [4.78, 5) is 14.8. The molecule has 42 heavy (non-hydrogen) atoms. The normalized spacial score (nSPS) is 19.5.